The summed E-state index contributed by atoms with van der Waals surface area (Å²) in [5.74, 6) is 0.145. The van der Waals surface area contributed by atoms with Gasteiger partial charge in [0.2, 0.25) is 0 Å². The number of nitrogen functional groups attached to an aromatic ring is 1. The van der Waals surface area contributed by atoms with E-state index in [2.05, 4.69) is 0 Å². The van der Waals surface area contributed by atoms with Gasteiger partial charge in [-0.25, -0.2) is 0 Å². The molecule has 0 unspecified atom stereocenters. The number of anilines is 1. The second-order valence-electron chi connectivity index (χ2n) is 4.27. The maximum Gasteiger partial charge on any atom is 0.416 e. The fraction of sp³-hybridized carbons (Fsp3) is 0.500. The molecular formula is C12H14F3NO. The van der Waals surface area contributed by atoms with Crippen LogP contribution in [0.3, 0.4) is 0 Å². The van der Waals surface area contributed by atoms with Crippen molar-refractivity contribution < 1.29 is 17.9 Å². The van der Waals surface area contributed by atoms with Gasteiger partial charge in [0, 0.05) is 0 Å². The van der Waals surface area contributed by atoms with Gasteiger partial charge < -0.3 is 10.5 Å². The second kappa shape index (κ2) is 4.47. The number of halogens is 3. The van der Waals surface area contributed by atoms with Crippen LogP contribution in [0.2, 0.25) is 0 Å². The molecule has 5 heteroatoms. The predicted molar refractivity (Wildman–Crippen MR) is 58.7 cm³/mol. The van der Waals surface area contributed by atoms with Gasteiger partial charge >= 0.3 is 6.18 Å². The van der Waals surface area contributed by atoms with Gasteiger partial charge in [0.25, 0.3) is 0 Å². The minimum Gasteiger partial charge on any atom is -0.488 e. The molecule has 17 heavy (non-hydrogen) atoms. The quantitative estimate of drug-likeness (QED) is 0.808. The van der Waals surface area contributed by atoms with Crippen molar-refractivity contribution in [3.05, 3.63) is 23.8 Å². The van der Waals surface area contributed by atoms with Gasteiger partial charge in [0.1, 0.15) is 5.75 Å². The Labute approximate surface area is 97.6 Å². The van der Waals surface area contributed by atoms with Gasteiger partial charge in [-0.3, -0.25) is 0 Å². The van der Waals surface area contributed by atoms with Crippen molar-refractivity contribution in [3.63, 3.8) is 0 Å². The summed E-state index contributed by atoms with van der Waals surface area (Å²) in [7, 11) is 0. The highest BCUT2D eigenvalue weighted by atomic mass is 19.4. The summed E-state index contributed by atoms with van der Waals surface area (Å²) in [5, 5.41) is 0. The summed E-state index contributed by atoms with van der Waals surface area (Å²) in [6.07, 6.45) is -0.472. The Balaban J connectivity index is 2.20. The number of ether oxygens (including phenoxy) is 1. The molecule has 0 heterocycles. The average molecular weight is 245 g/mol. The lowest BCUT2D eigenvalue weighted by Crippen LogP contribution is -2.13. The van der Waals surface area contributed by atoms with E-state index in [9.17, 15) is 13.2 Å². The van der Waals surface area contributed by atoms with Crippen LogP contribution >= 0.6 is 0 Å². The third-order valence-electron chi connectivity index (χ3n) is 2.94. The number of benzene rings is 1. The Morgan fingerprint density at radius 1 is 1.18 bits per heavy atom. The van der Waals surface area contributed by atoms with Gasteiger partial charge in [-0.2, -0.15) is 13.2 Å². The van der Waals surface area contributed by atoms with Crippen LogP contribution in [0, 0.1) is 0 Å². The van der Waals surface area contributed by atoms with Crippen LogP contribution < -0.4 is 10.5 Å². The highest BCUT2D eigenvalue weighted by molar-refractivity contribution is 5.54. The molecule has 0 saturated heterocycles. The lowest BCUT2D eigenvalue weighted by molar-refractivity contribution is -0.137. The zero-order valence-corrected chi connectivity index (χ0v) is 9.26. The first-order valence-electron chi connectivity index (χ1n) is 5.60. The smallest absolute Gasteiger partial charge is 0.416 e. The minimum absolute atomic E-state index is 0.000726. The number of rotatable bonds is 2. The van der Waals surface area contributed by atoms with Crippen molar-refractivity contribution >= 4 is 5.69 Å². The average Bonchev–Trinajstić information content (AvgIpc) is 2.72. The van der Waals surface area contributed by atoms with Crippen molar-refractivity contribution in [1.82, 2.24) is 0 Å². The summed E-state index contributed by atoms with van der Waals surface area (Å²) >= 11 is 0. The summed E-state index contributed by atoms with van der Waals surface area (Å²) in [4.78, 5) is 0. The van der Waals surface area contributed by atoms with E-state index in [1.165, 1.54) is 6.07 Å². The van der Waals surface area contributed by atoms with Crippen LogP contribution in [0.5, 0.6) is 5.75 Å². The molecule has 1 saturated carbocycles. The van der Waals surface area contributed by atoms with E-state index >= 15 is 0 Å². The molecule has 1 aromatic carbocycles. The molecule has 1 aliphatic carbocycles. The minimum atomic E-state index is -4.36. The van der Waals surface area contributed by atoms with Crippen LogP contribution in [0.25, 0.3) is 0 Å². The molecule has 0 aromatic heterocycles. The van der Waals surface area contributed by atoms with Crippen LogP contribution in [-0.2, 0) is 6.18 Å². The molecule has 2 N–H and O–H groups in total. The van der Waals surface area contributed by atoms with E-state index in [1.54, 1.807) is 0 Å². The molecule has 0 bridgehead atoms. The zero-order chi connectivity index (χ0) is 12.5. The first-order valence-corrected chi connectivity index (χ1v) is 5.60. The van der Waals surface area contributed by atoms with Gasteiger partial charge in [0.15, 0.2) is 0 Å². The molecule has 1 aliphatic rings. The molecule has 2 nitrogen and oxygen atoms in total. The van der Waals surface area contributed by atoms with Crippen molar-refractivity contribution in [2.45, 2.75) is 38.0 Å². The fourth-order valence-electron chi connectivity index (χ4n) is 2.00. The molecule has 0 amide bonds. The Morgan fingerprint density at radius 2 is 1.82 bits per heavy atom. The number of nitrogens with two attached hydrogens (primary N) is 1. The topological polar surface area (TPSA) is 35.2 Å². The van der Waals surface area contributed by atoms with Gasteiger partial charge in [-0.1, -0.05) is 0 Å². The van der Waals surface area contributed by atoms with Gasteiger partial charge in [0.05, 0.1) is 17.4 Å². The molecular weight excluding hydrogens is 231 g/mol. The Morgan fingerprint density at radius 3 is 2.41 bits per heavy atom. The van der Waals surface area contributed by atoms with Crippen LogP contribution in [-0.4, -0.2) is 6.10 Å². The van der Waals surface area contributed by atoms with Crippen LogP contribution in [0.4, 0.5) is 18.9 Å². The van der Waals surface area contributed by atoms with E-state index < -0.39 is 11.7 Å². The summed E-state index contributed by atoms with van der Waals surface area (Å²) in [5.41, 5.74) is 5.15. The summed E-state index contributed by atoms with van der Waals surface area (Å²) in [6, 6.07) is 3.19. The fourth-order valence-corrected chi connectivity index (χ4v) is 2.00. The number of hydrogen-bond donors (Lipinski definition) is 1. The van der Waals surface area contributed by atoms with E-state index in [0.29, 0.717) is 0 Å². The maximum absolute atomic E-state index is 12.5. The zero-order valence-electron chi connectivity index (χ0n) is 9.26. The maximum atomic E-state index is 12.5. The van der Waals surface area contributed by atoms with Gasteiger partial charge in [-0.15, -0.1) is 0 Å². The third kappa shape index (κ3) is 2.84. The molecule has 94 valence electrons. The van der Waals surface area contributed by atoms with Crippen LogP contribution in [0.15, 0.2) is 18.2 Å². The molecule has 0 spiro atoms. The monoisotopic (exact) mass is 245 g/mol. The third-order valence-corrected chi connectivity index (χ3v) is 2.94. The van der Waals surface area contributed by atoms with Crippen LogP contribution in [0.1, 0.15) is 31.2 Å². The van der Waals surface area contributed by atoms with Crippen molar-refractivity contribution in [1.29, 1.82) is 0 Å². The van der Waals surface area contributed by atoms with E-state index in [-0.39, 0.29) is 17.5 Å². The van der Waals surface area contributed by atoms with Crippen molar-refractivity contribution in [2.24, 2.45) is 0 Å². The molecule has 1 aromatic rings. The first-order chi connectivity index (χ1) is 7.97. The van der Waals surface area contributed by atoms with Crippen molar-refractivity contribution in [2.75, 3.05) is 5.73 Å². The summed E-state index contributed by atoms with van der Waals surface area (Å²) < 4.78 is 43.1. The lowest BCUT2D eigenvalue weighted by atomic mass is 10.2. The van der Waals surface area contributed by atoms with E-state index in [0.717, 1.165) is 37.8 Å². The highest BCUT2D eigenvalue weighted by Gasteiger charge is 2.31. The Hall–Kier alpha value is -1.39. The summed E-state index contributed by atoms with van der Waals surface area (Å²) in [6.45, 7) is 0. The largest absolute Gasteiger partial charge is 0.488 e. The van der Waals surface area contributed by atoms with Gasteiger partial charge in [-0.05, 0) is 43.9 Å². The molecule has 2 rings (SSSR count). The molecule has 0 radical (unpaired) electrons. The Kier molecular flexibility index (Phi) is 3.17. The standard InChI is InChI=1S/C12H14F3NO/c13-12(14,15)8-5-6-10(16)11(7-8)17-9-3-1-2-4-9/h5-7,9H,1-4,16H2. The first kappa shape index (κ1) is 12.1. The number of alkyl halides is 3. The highest BCUT2D eigenvalue weighted by Crippen LogP contribution is 2.35. The van der Waals surface area contributed by atoms with E-state index in [4.69, 9.17) is 10.5 Å². The molecule has 0 aliphatic heterocycles. The van der Waals surface area contributed by atoms with Crippen molar-refractivity contribution in [3.8, 4) is 5.75 Å². The Bertz CT molecular complexity index is 397. The predicted octanol–water partition coefficient (Wildman–Crippen LogP) is 3.61. The molecule has 0 atom stereocenters. The van der Waals surface area contributed by atoms with E-state index in [1.807, 2.05) is 0 Å². The SMILES string of the molecule is Nc1ccc(C(F)(F)F)cc1OC1CCCC1. The lowest BCUT2D eigenvalue weighted by Gasteiger charge is -2.16. The normalized spacial score (nSPS) is 17.4. The molecule has 1 fully saturated rings. The number of hydrogen-bond acceptors (Lipinski definition) is 2. The second-order valence-corrected chi connectivity index (χ2v) is 4.27.